The lowest BCUT2D eigenvalue weighted by Gasteiger charge is -2.08. The van der Waals surface area contributed by atoms with Gasteiger partial charge in [-0.1, -0.05) is 12.1 Å². The minimum absolute atomic E-state index is 0.0705. The molecule has 0 unspecified atom stereocenters. The van der Waals surface area contributed by atoms with Gasteiger partial charge in [0, 0.05) is 24.4 Å². The maximum atomic E-state index is 13.1. The van der Waals surface area contributed by atoms with Crippen LogP contribution in [0.5, 0.6) is 11.5 Å². The highest BCUT2D eigenvalue weighted by Crippen LogP contribution is 2.35. The fourth-order valence-corrected chi connectivity index (χ4v) is 2.77. The zero-order valence-corrected chi connectivity index (χ0v) is 13.2. The van der Waals surface area contributed by atoms with E-state index in [-0.39, 0.29) is 11.9 Å². The molecule has 0 bridgehead atoms. The number of unbranched alkanes of at least 4 members (excludes halogenated alkanes) is 1. The Kier molecular flexibility index (Phi) is 5.88. The third-order valence-corrected chi connectivity index (χ3v) is 4.03. The Hall–Kier alpha value is -1.75. The number of hydrogen-bond donors (Lipinski definition) is 2. The van der Waals surface area contributed by atoms with Crippen molar-refractivity contribution in [1.82, 2.24) is 0 Å². The van der Waals surface area contributed by atoms with Gasteiger partial charge in [0.2, 0.25) is 0 Å². The van der Waals surface area contributed by atoms with Gasteiger partial charge in [0.15, 0.2) is 0 Å². The molecule has 0 aliphatic carbocycles. The van der Waals surface area contributed by atoms with Crippen LogP contribution in [0.2, 0.25) is 0 Å². The average molecular weight is 342 g/mol. The van der Waals surface area contributed by atoms with E-state index in [0.717, 1.165) is 23.8 Å². The topological polar surface area (TPSA) is 66.8 Å². The molecule has 4 nitrogen and oxygen atoms in total. The van der Waals surface area contributed by atoms with Gasteiger partial charge in [-0.2, -0.15) is 0 Å². The second-order valence-electron chi connectivity index (χ2n) is 5.20. The number of hydrogen-bond acceptors (Lipinski definition) is 2. The molecule has 2 N–H and O–H groups in total. The van der Waals surface area contributed by atoms with Gasteiger partial charge in [0.05, 0.1) is 0 Å². The predicted molar refractivity (Wildman–Crippen MR) is 82.7 cm³/mol. The first-order chi connectivity index (χ1) is 10.8. The standard InChI is InChI=1S/C16H17F2O4P/c17-13-9-14(18)11-16(10-13)22-15-6-3-5-12(8-15)4-1-2-7-23(19,20)21/h3,5-6,8-11H,1-2,4,7H2,(H2,19,20,21). The lowest BCUT2D eigenvalue weighted by molar-refractivity contribution is 0.371. The highest BCUT2D eigenvalue weighted by molar-refractivity contribution is 7.51. The second kappa shape index (κ2) is 7.68. The molecule has 0 spiro atoms. The van der Waals surface area contributed by atoms with E-state index < -0.39 is 19.2 Å². The summed E-state index contributed by atoms with van der Waals surface area (Å²) in [4.78, 5) is 17.6. The fourth-order valence-electron chi connectivity index (χ4n) is 2.13. The summed E-state index contributed by atoms with van der Waals surface area (Å²) in [6, 6.07) is 9.97. The van der Waals surface area contributed by atoms with Crippen molar-refractivity contribution in [3.63, 3.8) is 0 Å². The van der Waals surface area contributed by atoms with Gasteiger partial charge >= 0.3 is 7.60 Å². The van der Waals surface area contributed by atoms with E-state index in [4.69, 9.17) is 14.5 Å². The van der Waals surface area contributed by atoms with E-state index in [1.54, 1.807) is 18.2 Å². The molecule has 0 heterocycles. The van der Waals surface area contributed by atoms with Gasteiger partial charge in [-0.05, 0) is 37.0 Å². The maximum absolute atomic E-state index is 13.1. The molecule has 0 aliphatic rings. The first-order valence-electron chi connectivity index (χ1n) is 7.09. The quantitative estimate of drug-likeness (QED) is 0.583. The van der Waals surface area contributed by atoms with Gasteiger partial charge in [0.25, 0.3) is 0 Å². The van der Waals surface area contributed by atoms with E-state index in [2.05, 4.69) is 0 Å². The van der Waals surface area contributed by atoms with Gasteiger partial charge in [-0.25, -0.2) is 8.78 Å². The van der Waals surface area contributed by atoms with Crippen LogP contribution >= 0.6 is 7.60 Å². The van der Waals surface area contributed by atoms with Crippen LogP contribution in [-0.4, -0.2) is 15.9 Å². The van der Waals surface area contributed by atoms with Crippen molar-refractivity contribution in [1.29, 1.82) is 0 Å². The highest BCUT2D eigenvalue weighted by atomic mass is 31.2. The summed E-state index contributed by atoms with van der Waals surface area (Å²) in [6.45, 7) is 0. The maximum Gasteiger partial charge on any atom is 0.325 e. The van der Waals surface area contributed by atoms with Crippen LogP contribution in [0.15, 0.2) is 42.5 Å². The molecule has 2 aromatic carbocycles. The first kappa shape index (κ1) is 17.6. The Morgan fingerprint density at radius 2 is 1.65 bits per heavy atom. The Bertz CT molecular complexity index is 695. The Morgan fingerprint density at radius 3 is 2.30 bits per heavy atom. The van der Waals surface area contributed by atoms with Crippen LogP contribution in [0.4, 0.5) is 8.78 Å². The Labute approximate surface area is 132 Å². The van der Waals surface area contributed by atoms with Crippen molar-refractivity contribution in [3.05, 3.63) is 59.7 Å². The summed E-state index contributed by atoms with van der Waals surface area (Å²) < 4.78 is 42.5. The van der Waals surface area contributed by atoms with Crippen LogP contribution < -0.4 is 4.74 Å². The van der Waals surface area contributed by atoms with Crippen molar-refractivity contribution < 1.29 is 27.9 Å². The third kappa shape index (κ3) is 6.48. The lowest BCUT2D eigenvalue weighted by Crippen LogP contribution is -1.92. The molecule has 0 fully saturated rings. The summed E-state index contributed by atoms with van der Waals surface area (Å²) >= 11 is 0. The van der Waals surface area contributed by atoms with Gasteiger partial charge in [-0.15, -0.1) is 0 Å². The zero-order chi connectivity index (χ0) is 16.9. The number of benzene rings is 2. The van der Waals surface area contributed by atoms with Gasteiger partial charge < -0.3 is 14.5 Å². The SMILES string of the molecule is O=P(O)(O)CCCCc1cccc(Oc2cc(F)cc(F)c2)c1. The molecule has 0 saturated heterocycles. The van der Waals surface area contributed by atoms with Crippen LogP contribution in [0.3, 0.4) is 0 Å². The summed E-state index contributed by atoms with van der Waals surface area (Å²) in [6.07, 6.45) is 1.55. The monoisotopic (exact) mass is 342 g/mol. The molecule has 0 aromatic heterocycles. The summed E-state index contributed by atoms with van der Waals surface area (Å²) in [5.74, 6) is -0.911. The number of ether oxygens (including phenoxy) is 1. The van der Waals surface area contributed by atoms with E-state index in [1.165, 1.54) is 0 Å². The molecule has 23 heavy (non-hydrogen) atoms. The molecule has 0 radical (unpaired) electrons. The molecule has 0 saturated carbocycles. The average Bonchev–Trinajstić information content (AvgIpc) is 2.42. The number of aryl methyl sites for hydroxylation is 1. The molecular weight excluding hydrogens is 325 g/mol. The number of halogens is 2. The summed E-state index contributed by atoms with van der Waals surface area (Å²) in [5.41, 5.74) is 0.921. The summed E-state index contributed by atoms with van der Waals surface area (Å²) in [5, 5.41) is 0. The predicted octanol–water partition coefficient (Wildman–Crippen LogP) is 4.26. The van der Waals surface area contributed by atoms with E-state index in [1.807, 2.05) is 6.07 Å². The Morgan fingerprint density at radius 1 is 0.957 bits per heavy atom. The molecule has 124 valence electrons. The molecule has 0 aliphatic heterocycles. The molecule has 0 amide bonds. The zero-order valence-electron chi connectivity index (χ0n) is 12.3. The molecule has 0 atom stereocenters. The van der Waals surface area contributed by atoms with Crippen molar-refractivity contribution in [2.75, 3.05) is 6.16 Å². The largest absolute Gasteiger partial charge is 0.457 e. The van der Waals surface area contributed by atoms with E-state index in [0.29, 0.717) is 25.0 Å². The second-order valence-corrected chi connectivity index (χ2v) is 6.98. The van der Waals surface area contributed by atoms with Crippen LogP contribution in [-0.2, 0) is 11.0 Å². The van der Waals surface area contributed by atoms with Gasteiger partial charge in [0.1, 0.15) is 23.1 Å². The molecule has 2 rings (SSSR count). The molecule has 7 heteroatoms. The van der Waals surface area contributed by atoms with Crippen LogP contribution in [0.1, 0.15) is 18.4 Å². The summed E-state index contributed by atoms with van der Waals surface area (Å²) in [7, 11) is -3.95. The van der Waals surface area contributed by atoms with Crippen molar-refractivity contribution in [3.8, 4) is 11.5 Å². The smallest absolute Gasteiger partial charge is 0.325 e. The van der Waals surface area contributed by atoms with Crippen molar-refractivity contribution in [2.45, 2.75) is 19.3 Å². The van der Waals surface area contributed by atoms with Crippen LogP contribution in [0, 0.1) is 11.6 Å². The third-order valence-electron chi connectivity index (χ3n) is 3.14. The Balaban J connectivity index is 1.95. The van der Waals surface area contributed by atoms with Gasteiger partial charge in [-0.3, -0.25) is 4.57 Å². The fraction of sp³-hybridized carbons (Fsp3) is 0.250. The van der Waals surface area contributed by atoms with E-state index >= 15 is 0 Å². The lowest BCUT2D eigenvalue weighted by atomic mass is 10.1. The first-order valence-corrected chi connectivity index (χ1v) is 8.89. The normalized spacial score (nSPS) is 11.5. The molecular formula is C16H17F2O4P. The highest BCUT2D eigenvalue weighted by Gasteiger charge is 2.11. The molecule has 2 aromatic rings. The minimum Gasteiger partial charge on any atom is -0.457 e. The minimum atomic E-state index is -3.95. The number of rotatable bonds is 7. The van der Waals surface area contributed by atoms with E-state index in [9.17, 15) is 13.3 Å². The van der Waals surface area contributed by atoms with Crippen LogP contribution in [0.25, 0.3) is 0 Å². The van der Waals surface area contributed by atoms with Crippen molar-refractivity contribution in [2.24, 2.45) is 0 Å². The van der Waals surface area contributed by atoms with Crippen molar-refractivity contribution >= 4 is 7.60 Å².